The molecule has 0 saturated carbocycles. The Bertz CT molecular complexity index is 578. The van der Waals surface area contributed by atoms with E-state index in [1.54, 1.807) is 23.1 Å². The Morgan fingerprint density at radius 3 is 3.00 bits per heavy atom. The Labute approximate surface area is 119 Å². The summed E-state index contributed by atoms with van der Waals surface area (Å²) < 4.78 is 2.22. The average molecular weight is 300 g/mol. The number of nitrogens with two attached hydrogens (primary N) is 1. The molecule has 6 heteroatoms. The minimum Gasteiger partial charge on any atom is -0.386 e. The number of fused-ring (bicyclic) bond motifs is 1. The van der Waals surface area contributed by atoms with Crippen LogP contribution in [0.25, 0.3) is 10.2 Å². The van der Waals surface area contributed by atoms with Crippen molar-refractivity contribution in [2.75, 3.05) is 5.88 Å². The van der Waals surface area contributed by atoms with E-state index in [4.69, 9.17) is 17.3 Å². The third-order valence-electron chi connectivity index (χ3n) is 2.10. The largest absolute Gasteiger partial charge is 0.386 e. The minimum atomic E-state index is 0.245. The summed E-state index contributed by atoms with van der Waals surface area (Å²) in [5.74, 6) is 0.673. The Kier molecular flexibility index (Phi) is 4.48. The van der Waals surface area contributed by atoms with Gasteiger partial charge in [0.05, 0.1) is 21.8 Å². The molecule has 0 unspecified atom stereocenters. The summed E-state index contributed by atoms with van der Waals surface area (Å²) in [6.07, 6.45) is 0. The first-order valence-electron chi connectivity index (χ1n) is 5.54. The van der Waals surface area contributed by atoms with Gasteiger partial charge in [0.25, 0.3) is 0 Å². The number of thioether (sulfide) groups is 1. The van der Waals surface area contributed by atoms with Gasteiger partial charge in [-0.05, 0) is 18.2 Å². The third kappa shape index (κ3) is 3.37. The summed E-state index contributed by atoms with van der Waals surface area (Å²) in [5, 5.41) is 0.537. The van der Waals surface area contributed by atoms with Gasteiger partial charge >= 0.3 is 0 Å². The van der Waals surface area contributed by atoms with Crippen molar-refractivity contribution in [2.45, 2.75) is 23.4 Å². The first-order valence-corrected chi connectivity index (χ1v) is 7.78. The van der Waals surface area contributed by atoms with Gasteiger partial charge in [-0.2, -0.15) is 0 Å². The topological polar surface area (TPSA) is 51.3 Å². The Balaban J connectivity index is 2.33. The third-order valence-corrected chi connectivity index (χ3v) is 4.49. The molecule has 0 atom stereocenters. The zero-order valence-corrected chi connectivity index (χ0v) is 12.6. The van der Waals surface area contributed by atoms with Crippen LogP contribution in [0.2, 0.25) is 0 Å². The highest BCUT2D eigenvalue weighted by molar-refractivity contribution is 8.01. The fourth-order valence-corrected chi connectivity index (χ4v) is 3.79. The van der Waals surface area contributed by atoms with Crippen molar-refractivity contribution in [1.82, 2.24) is 4.98 Å². The second kappa shape index (κ2) is 5.91. The molecule has 18 heavy (non-hydrogen) atoms. The number of benzene rings is 1. The van der Waals surface area contributed by atoms with Gasteiger partial charge in [0.1, 0.15) is 5.84 Å². The molecule has 3 nitrogen and oxygen atoms in total. The summed E-state index contributed by atoms with van der Waals surface area (Å²) in [4.78, 5) is 8.80. The number of halogens is 1. The highest BCUT2D eigenvalue weighted by Gasteiger charge is 2.07. The Hall–Kier alpha value is -0.780. The second-order valence-electron chi connectivity index (χ2n) is 4.04. The molecule has 0 aliphatic carbocycles. The standard InChI is InChI=1S/C12H14ClN3S2/c1-7(2)17-12-16-9-4-3-8(5-10(9)18-12)15-11(14)6-13/h3-5,7H,6H2,1-2H3,(H2,14,15). The van der Waals surface area contributed by atoms with Crippen molar-refractivity contribution < 1.29 is 0 Å². The number of alkyl halides is 1. The summed E-state index contributed by atoms with van der Waals surface area (Å²) in [5.41, 5.74) is 7.45. The molecular weight excluding hydrogens is 286 g/mol. The van der Waals surface area contributed by atoms with E-state index < -0.39 is 0 Å². The molecule has 2 aromatic rings. The van der Waals surface area contributed by atoms with Gasteiger partial charge in [0, 0.05) is 5.25 Å². The highest BCUT2D eigenvalue weighted by Crippen LogP contribution is 2.33. The molecule has 96 valence electrons. The van der Waals surface area contributed by atoms with Crippen molar-refractivity contribution >= 4 is 56.4 Å². The number of rotatable bonds is 4. The average Bonchev–Trinajstić information content (AvgIpc) is 2.69. The number of aromatic nitrogens is 1. The minimum absolute atomic E-state index is 0.245. The van der Waals surface area contributed by atoms with Gasteiger partial charge in [0.2, 0.25) is 0 Å². The molecule has 0 saturated heterocycles. The summed E-state index contributed by atoms with van der Waals surface area (Å²) >= 11 is 9.07. The van der Waals surface area contributed by atoms with E-state index >= 15 is 0 Å². The van der Waals surface area contributed by atoms with Gasteiger partial charge in [-0.15, -0.1) is 22.9 Å². The van der Waals surface area contributed by atoms with Crippen LogP contribution in [0.15, 0.2) is 27.5 Å². The maximum absolute atomic E-state index is 5.62. The fraction of sp³-hybridized carbons (Fsp3) is 0.333. The van der Waals surface area contributed by atoms with Crippen LogP contribution in [-0.2, 0) is 0 Å². The lowest BCUT2D eigenvalue weighted by Crippen LogP contribution is -2.12. The molecule has 2 N–H and O–H groups in total. The Morgan fingerprint density at radius 2 is 2.33 bits per heavy atom. The SMILES string of the molecule is CC(C)Sc1nc2ccc(N=C(N)CCl)cc2s1. The number of nitrogens with zero attached hydrogens (tertiary/aromatic N) is 2. The first-order chi connectivity index (χ1) is 8.58. The molecule has 0 bridgehead atoms. The lowest BCUT2D eigenvalue weighted by Gasteiger charge is -1.97. The predicted octanol–water partition coefficient (Wildman–Crippen LogP) is 4.02. The number of aliphatic imine (C=N–C) groups is 1. The lowest BCUT2D eigenvalue weighted by atomic mass is 10.3. The zero-order valence-electron chi connectivity index (χ0n) is 10.2. The van der Waals surface area contributed by atoms with Crippen molar-refractivity contribution in [3.63, 3.8) is 0 Å². The van der Waals surface area contributed by atoms with Gasteiger partial charge in [0.15, 0.2) is 4.34 Å². The molecule has 1 aromatic heterocycles. The molecule has 2 rings (SSSR count). The van der Waals surface area contributed by atoms with Crippen LogP contribution in [-0.4, -0.2) is 21.9 Å². The van der Waals surface area contributed by atoms with Gasteiger partial charge in [-0.1, -0.05) is 25.6 Å². The highest BCUT2D eigenvalue weighted by atomic mass is 35.5. The summed E-state index contributed by atoms with van der Waals surface area (Å²) in [6.45, 7) is 4.32. The van der Waals surface area contributed by atoms with Crippen LogP contribution in [0, 0.1) is 0 Å². The molecule has 0 aliphatic heterocycles. The first kappa shape index (κ1) is 13.6. The molecule has 0 radical (unpaired) electrons. The maximum Gasteiger partial charge on any atom is 0.151 e. The van der Waals surface area contributed by atoms with Gasteiger partial charge < -0.3 is 5.73 Å². The van der Waals surface area contributed by atoms with Crippen molar-refractivity contribution in [2.24, 2.45) is 10.7 Å². The van der Waals surface area contributed by atoms with E-state index in [9.17, 15) is 0 Å². The van der Waals surface area contributed by atoms with E-state index in [0.29, 0.717) is 11.1 Å². The van der Waals surface area contributed by atoms with E-state index in [2.05, 4.69) is 23.8 Å². The molecule has 0 aliphatic rings. The van der Waals surface area contributed by atoms with Crippen molar-refractivity contribution in [3.8, 4) is 0 Å². The van der Waals surface area contributed by atoms with Crippen molar-refractivity contribution in [1.29, 1.82) is 0 Å². The van der Waals surface area contributed by atoms with Crippen LogP contribution in [0.4, 0.5) is 5.69 Å². The van der Waals surface area contributed by atoms with E-state index in [0.717, 1.165) is 20.2 Å². The molecular formula is C12H14ClN3S2. The second-order valence-corrected chi connectivity index (χ2v) is 7.16. The van der Waals surface area contributed by atoms with Crippen LogP contribution in [0.1, 0.15) is 13.8 Å². The van der Waals surface area contributed by atoms with E-state index in [-0.39, 0.29) is 5.88 Å². The monoisotopic (exact) mass is 299 g/mol. The van der Waals surface area contributed by atoms with Crippen LogP contribution in [0.5, 0.6) is 0 Å². The normalized spacial score (nSPS) is 12.6. The molecule has 0 amide bonds. The molecule has 1 heterocycles. The molecule has 1 aromatic carbocycles. The smallest absolute Gasteiger partial charge is 0.151 e. The quantitative estimate of drug-likeness (QED) is 0.401. The van der Waals surface area contributed by atoms with Crippen LogP contribution >= 0.6 is 34.7 Å². The number of hydrogen-bond acceptors (Lipinski definition) is 4. The number of hydrogen-bond donors (Lipinski definition) is 1. The summed E-state index contributed by atoms with van der Waals surface area (Å²) in [7, 11) is 0. The maximum atomic E-state index is 5.62. The van der Waals surface area contributed by atoms with Crippen LogP contribution < -0.4 is 5.73 Å². The molecule has 0 spiro atoms. The zero-order chi connectivity index (χ0) is 13.1. The number of thiazole rings is 1. The Morgan fingerprint density at radius 1 is 1.56 bits per heavy atom. The number of amidine groups is 1. The van der Waals surface area contributed by atoms with E-state index in [1.165, 1.54) is 0 Å². The van der Waals surface area contributed by atoms with Crippen LogP contribution in [0.3, 0.4) is 0 Å². The van der Waals surface area contributed by atoms with Crippen molar-refractivity contribution in [3.05, 3.63) is 18.2 Å². The molecule has 0 fully saturated rings. The fourth-order valence-electron chi connectivity index (χ4n) is 1.41. The summed E-state index contributed by atoms with van der Waals surface area (Å²) in [6, 6.07) is 5.87. The van der Waals surface area contributed by atoms with Gasteiger partial charge in [-0.3, -0.25) is 0 Å². The van der Waals surface area contributed by atoms with E-state index in [1.807, 2.05) is 18.2 Å². The predicted molar refractivity (Wildman–Crippen MR) is 82.6 cm³/mol. The lowest BCUT2D eigenvalue weighted by molar-refractivity contribution is 1.10. The van der Waals surface area contributed by atoms with Gasteiger partial charge in [-0.25, -0.2) is 9.98 Å².